The van der Waals surface area contributed by atoms with Crippen molar-refractivity contribution in [3.63, 3.8) is 0 Å². The van der Waals surface area contributed by atoms with Gasteiger partial charge < -0.3 is 29.9 Å². The molecule has 2 saturated heterocycles. The highest BCUT2D eigenvalue weighted by Gasteiger charge is 2.15. The number of hydrogen-bond acceptors (Lipinski definition) is 4. The van der Waals surface area contributed by atoms with Gasteiger partial charge in [-0.15, -0.1) is 0 Å². The number of nitrogens with one attached hydrogen (secondary N) is 2. The van der Waals surface area contributed by atoms with E-state index < -0.39 is 0 Å². The summed E-state index contributed by atoms with van der Waals surface area (Å²) in [5, 5.41) is 7.84. The molecule has 0 atom stereocenters. The Morgan fingerprint density at radius 1 is 0.789 bits per heavy atom. The van der Waals surface area contributed by atoms with Gasteiger partial charge in [0.15, 0.2) is 10.2 Å². The van der Waals surface area contributed by atoms with Gasteiger partial charge in [0.1, 0.15) is 0 Å². The van der Waals surface area contributed by atoms with Crippen molar-refractivity contribution in [1.29, 1.82) is 0 Å². The minimum Gasteiger partial charge on any atom is -0.378 e. The molecule has 2 N–H and O–H groups in total. The lowest BCUT2D eigenvalue weighted by atomic mass is 10.4. The van der Waals surface area contributed by atoms with Crippen molar-refractivity contribution in [2.24, 2.45) is 0 Å². The zero-order valence-corrected chi connectivity index (χ0v) is 12.5. The first-order valence-corrected chi connectivity index (χ1v) is 7.30. The lowest BCUT2D eigenvalue weighted by Gasteiger charge is -2.31. The quantitative estimate of drug-likeness (QED) is 0.516. The van der Waals surface area contributed by atoms with Crippen LogP contribution in [0.4, 0.5) is 0 Å². The van der Waals surface area contributed by atoms with Crippen LogP contribution >= 0.6 is 24.4 Å². The zero-order valence-electron chi connectivity index (χ0n) is 10.9. The van der Waals surface area contributed by atoms with E-state index in [1.165, 1.54) is 0 Å². The summed E-state index contributed by atoms with van der Waals surface area (Å²) >= 11 is 10.6. The number of morpholine rings is 2. The van der Waals surface area contributed by atoms with Crippen molar-refractivity contribution in [3.05, 3.63) is 0 Å². The van der Waals surface area contributed by atoms with Gasteiger partial charge in [-0.05, 0) is 24.4 Å². The number of ether oxygens (including phenoxy) is 2. The number of nitrogens with zero attached hydrogens (tertiary/aromatic N) is 2. The molecule has 0 aliphatic carbocycles. The van der Waals surface area contributed by atoms with Gasteiger partial charge in [0.25, 0.3) is 0 Å². The van der Waals surface area contributed by atoms with Crippen molar-refractivity contribution >= 4 is 34.7 Å². The van der Waals surface area contributed by atoms with E-state index in [0.29, 0.717) is 6.67 Å². The van der Waals surface area contributed by atoms with Crippen LogP contribution in [-0.2, 0) is 9.47 Å². The van der Waals surface area contributed by atoms with E-state index in [4.69, 9.17) is 33.9 Å². The van der Waals surface area contributed by atoms with E-state index in [0.717, 1.165) is 62.8 Å². The molecule has 0 aromatic carbocycles. The molecule has 0 unspecified atom stereocenters. The Bertz CT molecular complexity index is 288. The summed E-state index contributed by atoms with van der Waals surface area (Å²) in [4.78, 5) is 4.22. The first-order valence-electron chi connectivity index (χ1n) is 6.48. The van der Waals surface area contributed by atoms with Crippen LogP contribution in [-0.4, -0.2) is 79.3 Å². The van der Waals surface area contributed by atoms with Crippen molar-refractivity contribution in [1.82, 2.24) is 20.4 Å². The van der Waals surface area contributed by atoms with Gasteiger partial charge in [-0.25, -0.2) is 0 Å². The molecule has 2 fully saturated rings. The smallest absolute Gasteiger partial charge is 0.170 e. The van der Waals surface area contributed by atoms with Crippen LogP contribution in [0.5, 0.6) is 0 Å². The SMILES string of the molecule is S=C(NCNC(=S)N1CCOCC1)N1CCOCC1. The second kappa shape index (κ2) is 7.78. The Hall–Kier alpha value is -0.700. The van der Waals surface area contributed by atoms with E-state index in [9.17, 15) is 0 Å². The van der Waals surface area contributed by atoms with Gasteiger partial charge in [-0.2, -0.15) is 0 Å². The molecule has 2 aliphatic heterocycles. The average molecular weight is 304 g/mol. The van der Waals surface area contributed by atoms with E-state index in [1.54, 1.807) is 0 Å². The van der Waals surface area contributed by atoms with Crippen LogP contribution in [0.25, 0.3) is 0 Å². The molecular weight excluding hydrogens is 284 g/mol. The normalized spacial score (nSPS) is 20.0. The zero-order chi connectivity index (χ0) is 13.5. The average Bonchev–Trinajstić information content (AvgIpc) is 2.49. The molecule has 0 spiro atoms. The Kier molecular flexibility index (Phi) is 6.02. The maximum absolute atomic E-state index is 5.32. The monoisotopic (exact) mass is 304 g/mol. The Labute approximate surface area is 124 Å². The standard InChI is InChI=1S/C11H20N4O2S2/c18-10(14-1-5-16-6-2-14)12-9-13-11(19)15-3-7-17-8-4-15/h1-9H2,(H,12,18)(H,13,19). The van der Waals surface area contributed by atoms with Crippen LogP contribution in [0.2, 0.25) is 0 Å². The molecular formula is C11H20N4O2S2. The van der Waals surface area contributed by atoms with E-state index in [-0.39, 0.29) is 0 Å². The first kappa shape index (κ1) is 14.7. The molecule has 2 heterocycles. The largest absolute Gasteiger partial charge is 0.378 e. The lowest BCUT2D eigenvalue weighted by molar-refractivity contribution is 0.0669. The van der Waals surface area contributed by atoms with Crippen molar-refractivity contribution in [2.75, 3.05) is 59.3 Å². The van der Waals surface area contributed by atoms with E-state index >= 15 is 0 Å². The number of rotatable bonds is 2. The Morgan fingerprint density at radius 3 is 1.53 bits per heavy atom. The van der Waals surface area contributed by atoms with Crippen LogP contribution < -0.4 is 10.6 Å². The molecule has 2 aliphatic rings. The topological polar surface area (TPSA) is 49.0 Å². The predicted molar refractivity (Wildman–Crippen MR) is 81.1 cm³/mol. The Morgan fingerprint density at radius 2 is 1.16 bits per heavy atom. The van der Waals surface area contributed by atoms with Crippen LogP contribution in [0.3, 0.4) is 0 Å². The van der Waals surface area contributed by atoms with Crippen LogP contribution in [0.15, 0.2) is 0 Å². The number of hydrogen-bond donors (Lipinski definition) is 2. The fourth-order valence-electron chi connectivity index (χ4n) is 1.95. The molecule has 8 heteroatoms. The van der Waals surface area contributed by atoms with Gasteiger partial charge in [0, 0.05) is 26.2 Å². The Balaban J connectivity index is 1.62. The predicted octanol–water partition coefficient (Wildman–Crippen LogP) is -0.643. The molecule has 0 amide bonds. The second-order valence-corrected chi connectivity index (χ2v) is 5.11. The highest BCUT2D eigenvalue weighted by Crippen LogP contribution is 1.98. The highest BCUT2D eigenvalue weighted by molar-refractivity contribution is 7.80. The highest BCUT2D eigenvalue weighted by atomic mass is 32.1. The molecule has 6 nitrogen and oxygen atoms in total. The van der Waals surface area contributed by atoms with Gasteiger partial charge >= 0.3 is 0 Å². The summed E-state index contributed by atoms with van der Waals surface area (Å²) < 4.78 is 10.6. The lowest BCUT2D eigenvalue weighted by Crippen LogP contribution is -2.52. The molecule has 2 rings (SSSR count). The second-order valence-electron chi connectivity index (χ2n) is 4.34. The van der Waals surface area contributed by atoms with Crippen molar-refractivity contribution in [3.8, 4) is 0 Å². The van der Waals surface area contributed by atoms with Crippen LogP contribution in [0, 0.1) is 0 Å². The minimum atomic E-state index is 0.548. The van der Waals surface area contributed by atoms with E-state index in [2.05, 4.69) is 20.4 Å². The summed E-state index contributed by atoms with van der Waals surface area (Å²) in [6.45, 7) is 6.89. The van der Waals surface area contributed by atoms with E-state index in [1.807, 2.05) is 0 Å². The number of thiocarbonyl (C=S) groups is 2. The van der Waals surface area contributed by atoms with Crippen molar-refractivity contribution in [2.45, 2.75) is 0 Å². The molecule has 19 heavy (non-hydrogen) atoms. The third kappa shape index (κ3) is 4.72. The summed E-state index contributed by atoms with van der Waals surface area (Å²) in [5.74, 6) is 0. The van der Waals surface area contributed by atoms with Gasteiger partial charge in [0.05, 0.1) is 33.1 Å². The molecule has 0 radical (unpaired) electrons. The fraction of sp³-hybridized carbons (Fsp3) is 0.818. The van der Waals surface area contributed by atoms with Gasteiger partial charge in [-0.1, -0.05) is 0 Å². The summed E-state index contributed by atoms with van der Waals surface area (Å²) in [7, 11) is 0. The first-order chi connectivity index (χ1) is 9.27. The third-order valence-corrected chi connectivity index (χ3v) is 3.88. The summed E-state index contributed by atoms with van der Waals surface area (Å²) in [5.41, 5.74) is 0. The molecule has 0 aromatic rings. The summed E-state index contributed by atoms with van der Waals surface area (Å²) in [6, 6.07) is 0. The van der Waals surface area contributed by atoms with Crippen molar-refractivity contribution < 1.29 is 9.47 Å². The van der Waals surface area contributed by atoms with Crippen LogP contribution in [0.1, 0.15) is 0 Å². The molecule has 0 saturated carbocycles. The molecule has 108 valence electrons. The van der Waals surface area contributed by atoms with Gasteiger partial charge in [-0.3, -0.25) is 0 Å². The minimum absolute atomic E-state index is 0.548. The maximum atomic E-state index is 5.32. The molecule has 0 aromatic heterocycles. The fourth-order valence-corrected chi connectivity index (χ4v) is 2.46. The third-order valence-electron chi connectivity index (χ3n) is 3.08. The molecule has 0 bridgehead atoms. The summed E-state index contributed by atoms with van der Waals surface area (Å²) in [6.07, 6.45) is 0. The van der Waals surface area contributed by atoms with Gasteiger partial charge in [0.2, 0.25) is 0 Å². The maximum Gasteiger partial charge on any atom is 0.170 e.